The number of aromatic nitrogens is 2. The van der Waals surface area contributed by atoms with Crippen LogP contribution in [0, 0.1) is 56.7 Å². The molecule has 0 amide bonds. The van der Waals surface area contributed by atoms with Crippen molar-refractivity contribution in [3.8, 4) is 35.4 Å². The first-order valence-corrected chi connectivity index (χ1v) is 15.2. The molecule has 0 saturated carbocycles. The van der Waals surface area contributed by atoms with Crippen molar-refractivity contribution in [1.82, 2.24) is 9.13 Å². The molecule has 0 aliphatic heterocycles. The van der Waals surface area contributed by atoms with Crippen LogP contribution in [0.5, 0.6) is 23.3 Å². The maximum atomic E-state index is 12.3. The average Bonchev–Trinajstić information content (AvgIpc) is 3.11. The van der Waals surface area contributed by atoms with Gasteiger partial charge in [-0.25, -0.2) is 0 Å². The number of nitro groups is 2. The van der Waals surface area contributed by atoms with Crippen molar-refractivity contribution < 1.29 is 47.1 Å². The van der Waals surface area contributed by atoms with E-state index in [1.807, 2.05) is 6.92 Å². The smallest absolute Gasteiger partial charge is 0.271 e. The predicted molar refractivity (Wildman–Crippen MR) is 187 cm³/mol. The first kappa shape index (κ1) is 42.9. The molecule has 0 aliphatic rings. The summed E-state index contributed by atoms with van der Waals surface area (Å²) in [4.78, 5) is 44.9. The maximum Gasteiger partial charge on any atom is 0.271 e. The average molecular weight is 786 g/mol. The Balaban J connectivity index is 0.000000367. The molecular formula is C33H30CoN10O10. The Bertz CT molecular complexity index is 2390. The van der Waals surface area contributed by atoms with Crippen molar-refractivity contribution in [2.75, 3.05) is 0 Å². The molecule has 0 fully saturated rings. The minimum atomic E-state index is -0.709. The number of nitro benzene ring substituents is 2. The number of non-ortho nitro benzene ring substituents is 2. The van der Waals surface area contributed by atoms with Gasteiger partial charge in [0.15, 0.2) is 11.4 Å². The van der Waals surface area contributed by atoms with Crippen molar-refractivity contribution in [2.45, 2.75) is 46.7 Å². The van der Waals surface area contributed by atoms with Crippen molar-refractivity contribution in [3.05, 3.63) is 112 Å². The van der Waals surface area contributed by atoms with E-state index in [1.54, 1.807) is 12.1 Å². The van der Waals surface area contributed by atoms with Crippen molar-refractivity contribution in [1.29, 1.82) is 10.5 Å². The minimum absolute atomic E-state index is 0. The molecular weight excluding hydrogens is 755 g/mol. The molecule has 2 aromatic carbocycles. The summed E-state index contributed by atoms with van der Waals surface area (Å²) in [6.45, 7) is 8.35. The van der Waals surface area contributed by atoms with Crippen LogP contribution in [-0.2, 0) is 29.9 Å². The summed E-state index contributed by atoms with van der Waals surface area (Å²) in [5, 5.41) is 95.4. The fourth-order valence-electron chi connectivity index (χ4n) is 4.55. The van der Waals surface area contributed by atoms with Gasteiger partial charge in [0, 0.05) is 65.3 Å². The molecule has 2 heterocycles. The fourth-order valence-corrected chi connectivity index (χ4v) is 4.55. The molecule has 2 aromatic heterocycles. The van der Waals surface area contributed by atoms with Gasteiger partial charge in [-0.15, -0.1) is 27.0 Å². The molecule has 4 N–H and O–H groups in total. The van der Waals surface area contributed by atoms with E-state index in [9.17, 15) is 60.8 Å². The Morgan fingerprint density at radius 1 is 0.778 bits per heavy atom. The standard InChI is InChI=1S/C17H17N5O5.C16H13N5O5.Co/c1-3-4-7-21-16(24)12(9-18)10(2)15(17(21)25)20-19-13-8-11(22(26)27)5-6-14(13)23;1-3-6-20-15(23)11(8-17)9(2)14(16(20)24)19-18-12-7-10(21(25)26)4-5-13(12)22;/h5-6,8,23,25H,3-4,7H2,1-2H3;3-5,7,22,24H,1,6H2,2H3;. The van der Waals surface area contributed by atoms with Crippen molar-refractivity contribution in [3.63, 3.8) is 0 Å². The van der Waals surface area contributed by atoms with Crippen molar-refractivity contribution in [2.24, 2.45) is 20.5 Å². The molecule has 0 spiro atoms. The summed E-state index contributed by atoms with van der Waals surface area (Å²) in [6, 6.07) is 9.94. The first-order chi connectivity index (χ1) is 25.1. The van der Waals surface area contributed by atoms with Crippen LogP contribution in [0.2, 0.25) is 0 Å². The Kier molecular flexibility index (Phi) is 15.0. The van der Waals surface area contributed by atoms with Gasteiger partial charge in [-0.05, 0) is 32.4 Å². The van der Waals surface area contributed by atoms with Gasteiger partial charge in [0.25, 0.3) is 22.5 Å². The van der Waals surface area contributed by atoms with Crippen LogP contribution in [0.25, 0.3) is 0 Å². The Hall–Kier alpha value is -7.23. The van der Waals surface area contributed by atoms with E-state index in [1.165, 1.54) is 19.9 Å². The van der Waals surface area contributed by atoms with E-state index in [0.717, 1.165) is 52.0 Å². The van der Waals surface area contributed by atoms with Crippen LogP contribution in [-0.4, -0.2) is 39.4 Å². The number of nitriles is 2. The molecule has 4 rings (SSSR count). The number of phenols is 2. The van der Waals surface area contributed by atoms with E-state index < -0.39 is 32.7 Å². The Morgan fingerprint density at radius 2 is 1.19 bits per heavy atom. The third kappa shape index (κ3) is 9.35. The van der Waals surface area contributed by atoms with E-state index in [0.29, 0.717) is 6.42 Å². The van der Waals surface area contributed by atoms with Crippen molar-refractivity contribution >= 4 is 34.1 Å². The number of phenolic OH excluding ortho intramolecular Hbond substituents is 2. The van der Waals surface area contributed by atoms with E-state index in [4.69, 9.17) is 0 Å². The monoisotopic (exact) mass is 785 g/mol. The second-order valence-electron chi connectivity index (χ2n) is 10.8. The molecule has 281 valence electrons. The van der Waals surface area contributed by atoms with Gasteiger partial charge in [0.1, 0.15) is 46.1 Å². The molecule has 0 aliphatic carbocycles. The third-order valence-electron chi connectivity index (χ3n) is 7.44. The molecule has 54 heavy (non-hydrogen) atoms. The maximum absolute atomic E-state index is 12.3. The summed E-state index contributed by atoms with van der Waals surface area (Å²) in [7, 11) is 0. The zero-order chi connectivity index (χ0) is 39.6. The summed E-state index contributed by atoms with van der Waals surface area (Å²) in [5.41, 5.74) is -2.83. The Morgan fingerprint density at radius 3 is 1.56 bits per heavy atom. The molecule has 0 atom stereocenters. The fraction of sp³-hybridized carbons (Fsp3) is 0.212. The second-order valence-corrected chi connectivity index (χ2v) is 10.8. The quantitative estimate of drug-likeness (QED) is 0.0547. The largest absolute Gasteiger partial charge is 0.506 e. The summed E-state index contributed by atoms with van der Waals surface area (Å²) >= 11 is 0. The van der Waals surface area contributed by atoms with Gasteiger partial charge in [0.05, 0.1) is 9.85 Å². The molecule has 4 aromatic rings. The number of unbranched alkanes of at least 4 members (excludes halogenated alkanes) is 1. The SMILES string of the molecule is C=CCn1c(O)c(N=Nc2cc([N+](=O)[O-])ccc2O)c(C)c(C#N)c1=O.CCCCn1c(O)c(N=Nc2cc([N+](=O)[O-])ccc2O)c(C)c(C#N)c1=O.[Co]. The van der Waals surface area contributed by atoms with Gasteiger partial charge in [-0.3, -0.25) is 39.0 Å². The molecule has 0 saturated heterocycles. The number of hydrogen-bond acceptors (Lipinski definition) is 16. The Labute approximate surface area is 315 Å². The summed E-state index contributed by atoms with van der Waals surface area (Å²) in [6.07, 6.45) is 2.72. The van der Waals surface area contributed by atoms with E-state index in [-0.39, 0.29) is 97.7 Å². The van der Waals surface area contributed by atoms with Gasteiger partial charge < -0.3 is 20.4 Å². The molecule has 20 nitrogen and oxygen atoms in total. The third-order valence-corrected chi connectivity index (χ3v) is 7.44. The number of allylic oxidation sites excluding steroid dienone is 1. The van der Waals surface area contributed by atoms with Crippen LogP contribution in [0.4, 0.5) is 34.1 Å². The molecule has 0 unspecified atom stereocenters. The van der Waals surface area contributed by atoms with Gasteiger partial charge >= 0.3 is 0 Å². The topological polar surface area (TPSA) is 308 Å². The van der Waals surface area contributed by atoms with Gasteiger partial charge in [0.2, 0.25) is 11.8 Å². The number of rotatable bonds is 11. The molecule has 0 bridgehead atoms. The summed E-state index contributed by atoms with van der Waals surface area (Å²) < 4.78 is 1.93. The normalized spacial score (nSPS) is 10.5. The number of aromatic hydroxyl groups is 4. The van der Waals surface area contributed by atoms with E-state index >= 15 is 0 Å². The molecule has 21 heteroatoms. The first-order valence-electron chi connectivity index (χ1n) is 15.2. The zero-order valence-electron chi connectivity index (χ0n) is 28.6. The van der Waals surface area contributed by atoms with E-state index in [2.05, 4.69) is 27.0 Å². The zero-order valence-corrected chi connectivity index (χ0v) is 29.7. The summed E-state index contributed by atoms with van der Waals surface area (Å²) in [5.74, 6) is -1.71. The number of azo groups is 2. The van der Waals surface area contributed by atoms with Crippen LogP contribution in [0.3, 0.4) is 0 Å². The molecule has 1 radical (unpaired) electrons. The van der Waals surface area contributed by atoms with Crippen LogP contribution < -0.4 is 11.1 Å². The second kappa shape index (κ2) is 18.8. The van der Waals surface area contributed by atoms with Gasteiger partial charge in [-0.2, -0.15) is 10.5 Å². The van der Waals surface area contributed by atoms with Crippen LogP contribution >= 0.6 is 0 Å². The number of nitrogens with zero attached hydrogens (tertiary/aromatic N) is 10. The number of benzene rings is 2. The van der Waals surface area contributed by atoms with Crippen LogP contribution in [0.1, 0.15) is 42.0 Å². The number of hydrogen-bond donors (Lipinski definition) is 4. The minimum Gasteiger partial charge on any atom is -0.506 e. The van der Waals surface area contributed by atoms with Gasteiger partial charge in [-0.1, -0.05) is 19.4 Å². The van der Waals surface area contributed by atoms with Crippen LogP contribution in [0.15, 0.2) is 79.1 Å². The number of pyridine rings is 2. The predicted octanol–water partition coefficient (Wildman–Crippen LogP) is 6.51.